The maximum Gasteiger partial charge on any atom is 0.326 e. The van der Waals surface area contributed by atoms with E-state index in [1.165, 1.54) is 15.2 Å². The fourth-order valence-corrected chi connectivity index (χ4v) is 10.2. The van der Waals surface area contributed by atoms with Gasteiger partial charge in [0.2, 0.25) is 10.0 Å². The van der Waals surface area contributed by atoms with Crippen LogP contribution in [-0.2, 0) is 19.6 Å². The number of benzene rings is 7. The molecule has 14 heteroatoms. The fraction of sp³-hybridized carbons (Fsp3) is 0.170. The molecule has 2 aliphatic heterocycles. The van der Waals surface area contributed by atoms with Crippen LogP contribution in [0.15, 0.2) is 164 Å². The van der Waals surface area contributed by atoms with Gasteiger partial charge in [-0.05, 0) is 113 Å². The standard InChI is InChI=1S/C28H22ClNO3.C25H23ClN2O5S/c29-24-8-4-3-7-23(24)25-15-16-26(28(32)33)30(25)27(31)20-12-9-19(10-13-20)22-14-11-18-5-1-2-6-21(18)17-22;1-34(32,33)27-21-9-5-3-6-18(21)16-10-12-17(13-11-16)24(29)28-22(14-15-23(28)25(30)31)19-7-2-4-8-20(19)26/h1-14,17,25-26H,15-16H2,(H,32,33);2-13,22-23,27H,14-15H2,1H3,(H,30,31)/t25-,26+;22-,23+/m11/s1. The number of amides is 2. The number of carboxylic acids is 2. The highest BCUT2D eigenvalue weighted by atomic mass is 35.5. The number of fused-ring (bicyclic) bond motifs is 1. The van der Waals surface area contributed by atoms with Crippen molar-refractivity contribution in [1.29, 1.82) is 0 Å². The van der Waals surface area contributed by atoms with E-state index >= 15 is 0 Å². The summed E-state index contributed by atoms with van der Waals surface area (Å²) in [6, 6.07) is 47.3. The number of carbonyl (C=O) groups is 4. The number of hydrogen-bond acceptors (Lipinski definition) is 6. The van der Waals surface area contributed by atoms with Gasteiger partial charge in [0.15, 0.2) is 0 Å². The number of carboxylic acid groups (broad SMARTS) is 2. The van der Waals surface area contributed by atoms with Crippen molar-refractivity contribution in [2.24, 2.45) is 0 Å². The highest BCUT2D eigenvalue weighted by Crippen LogP contribution is 2.42. The van der Waals surface area contributed by atoms with Gasteiger partial charge in [-0.15, -0.1) is 0 Å². The second-order valence-electron chi connectivity index (χ2n) is 16.5. The second-order valence-corrected chi connectivity index (χ2v) is 19.1. The van der Waals surface area contributed by atoms with Crippen LogP contribution in [-0.4, -0.2) is 70.5 Å². The van der Waals surface area contributed by atoms with Crippen LogP contribution >= 0.6 is 23.2 Å². The normalized spacial score (nSPS) is 18.0. The lowest BCUT2D eigenvalue weighted by atomic mass is 9.99. The Balaban J connectivity index is 0.000000182. The van der Waals surface area contributed by atoms with Gasteiger partial charge in [0.05, 0.1) is 24.0 Å². The third-order valence-corrected chi connectivity index (χ3v) is 13.5. The van der Waals surface area contributed by atoms with E-state index in [2.05, 4.69) is 35.1 Å². The van der Waals surface area contributed by atoms with Gasteiger partial charge in [-0.25, -0.2) is 18.0 Å². The van der Waals surface area contributed by atoms with E-state index in [1.54, 1.807) is 78.9 Å². The number of hydrogen-bond donors (Lipinski definition) is 3. The van der Waals surface area contributed by atoms with Gasteiger partial charge < -0.3 is 20.0 Å². The van der Waals surface area contributed by atoms with Crippen molar-refractivity contribution < 1.29 is 37.8 Å². The number of aliphatic carboxylic acids is 2. The van der Waals surface area contributed by atoms with E-state index in [0.29, 0.717) is 63.7 Å². The average molecular weight is 955 g/mol. The maximum absolute atomic E-state index is 13.5. The lowest BCUT2D eigenvalue weighted by Gasteiger charge is -2.29. The molecule has 0 saturated carbocycles. The predicted octanol–water partition coefficient (Wildman–Crippen LogP) is 11.4. The van der Waals surface area contributed by atoms with E-state index in [1.807, 2.05) is 54.6 Å². The topological polar surface area (TPSA) is 161 Å². The van der Waals surface area contributed by atoms with E-state index in [0.717, 1.165) is 33.9 Å². The van der Waals surface area contributed by atoms with E-state index < -0.39 is 46.0 Å². The molecule has 340 valence electrons. The quantitative estimate of drug-likeness (QED) is 0.122. The Bertz CT molecular complexity index is 3110. The zero-order valence-corrected chi connectivity index (χ0v) is 38.5. The molecule has 7 aromatic carbocycles. The first-order valence-corrected chi connectivity index (χ1v) is 24.2. The summed E-state index contributed by atoms with van der Waals surface area (Å²) >= 11 is 12.8. The summed E-state index contributed by atoms with van der Waals surface area (Å²) in [7, 11) is -3.47. The number of nitrogens with one attached hydrogen (secondary N) is 1. The lowest BCUT2D eigenvalue weighted by molar-refractivity contribution is -0.142. The highest BCUT2D eigenvalue weighted by molar-refractivity contribution is 7.92. The molecule has 0 radical (unpaired) electrons. The van der Waals surface area contributed by atoms with Gasteiger partial charge >= 0.3 is 11.9 Å². The molecule has 2 aliphatic rings. The predicted molar refractivity (Wildman–Crippen MR) is 262 cm³/mol. The van der Waals surface area contributed by atoms with Gasteiger partial charge in [-0.3, -0.25) is 14.3 Å². The second kappa shape index (κ2) is 19.9. The molecule has 0 unspecified atom stereocenters. The van der Waals surface area contributed by atoms with Crippen molar-refractivity contribution in [3.05, 3.63) is 196 Å². The minimum Gasteiger partial charge on any atom is -0.480 e. The van der Waals surface area contributed by atoms with Crippen molar-refractivity contribution in [2.75, 3.05) is 11.0 Å². The van der Waals surface area contributed by atoms with Crippen molar-refractivity contribution in [1.82, 2.24) is 9.80 Å². The number of halogens is 2. The zero-order valence-electron chi connectivity index (χ0n) is 36.1. The molecule has 2 amide bonds. The summed E-state index contributed by atoms with van der Waals surface area (Å²) in [6.07, 6.45) is 2.86. The molecule has 3 N–H and O–H groups in total. The molecule has 7 aromatic rings. The van der Waals surface area contributed by atoms with Crippen LogP contribution in [0.1, 0.15) is 69.6 Å². The van der Waals surface area contributed by atoms with Crippen LogP contribution in [0.4, 0.5) is 5.69 Å². The zero-order chi connectivity index (χ0) is 47.4. The summed E-state index contributed by atoms with van der Waals surface area (Å²) in [4.78, 5) is 53.7. The summed E-state index contributed by atoms with van der Waals surface area (Å²) in [5.74, 6) is -2.75. The molecular formula is C53H45Cl2N3O8S. The van der Waals surface area contributed by atoms with Crippen LogP contribution in [0.2, 0.25) is 10.0 Å². The Morgan fingerprint density at radius 1 is 0.522 bits per heavy atom. The van der Waals surface area contributed by atoms with Crippen LogP contribution in [0.25, 0.3) is 33.0 Å². The first-order chi connectivity index (χ1) is 32.2. The van der Waals surface area contributed by atoms with Crippen LogP contribution in [0, 0.1) is 0 Å². The van der Waals surface area contributed by atoms with E-state index in [4.69, 9.17) is 23.2 Å². The van der Waals surface area contributed by atoms with Gasteiger partial charge in [-0.1, -0.05) is 138 Å². The first-order valence-electron chi connectivity index (χ1n) is 21.5. The molecule has 2 saturated heterocycles. The molecule has 0 aliphatic carbocycles. The van der Waals surface area contributed by atoms with Crippen LogP contribution in [0.5, 0.6) is 0 Å². The smallest absolute Gasteiger partial charge is 0.326 e. The van der Waals surface area contributed by atoms with Crippen molar-refractivity contribution in [3.8, 4) is 22.3 Å². The molecule has 2 fully saturated rings. The van der Waals surface area contributed by atoms with Gasteiger partial charge in [0.25, 0.3) is 11.8 Å². The van der Waals surface area contributed by atoms with Crippen LogP contribution in [0.3, 0.4) is 0 Å². The lowest BCUT2D eigenvalue weighted by Crippen LogP contribution is -2.41. The van der Waals surface area contributed by atoms with Gasteiger partial charge in [0, 0.05) is 26.7 Å². The molecule has 9 rings (SSSR count). The van der Waals surface area contributed by atoms with Crippen molar-refractivity contribution >= 4 is 73.4 Å². The van der Waals surface area contributed by atoms with Crippen molar-refractivity contribution in [2.45, 2.75) is 49.9 Å². The highest BCUT2D eigenvalue weighted by Gasteiger charge is 2.44. The minimum absolute atomic E-state index is 0.296. The summed E-state index contributed by atoms with van der Waals surface area (Å²) in [5.41, 5.74) is 6.15. The molecule has 0 bridgehead atoms. The molecule has 0 spiro atoms. The van der Waals surface area contributed by atoms with E-state index in [9.17, 15) is 37.8 Å². The third-order valence-electron chi connectivity index (χ3n) is 12.2. The Hall–Kier alpha value is -6.99. The van der Waals surface area contributed by atoms with Crippen molar-refractivity contribution in [3.63, 3.8) is 0 Å². The molecular weight excluding hydrogens is 910 g/mol. The number of likely N-dealkylation sites (tertiary alicyclic amines) is 2. The first kappa shape index (κ1) is 46.5. The third kappa shape index (κ3) is 10.2. The molecule has 0 aromatic heterocycles. The molecule has 11 nitrogen and oxygen atoms in total. The minimum atomic E-state index is -3.47. The van der Waals surface area contributed by atoms with Gasteiger partial charge in [0.1, 0.15) is 12.1 Å². The molecule has 2 heterocycles. The summed E-state index contributed by atoms with van der Waals surface area (Å²) in [6.45, 7) is 0. The molecule has 4 atom stereocenters. The SMILES string of the molecule is CS(=O)(=O)Nc1ccccc1-c1ccc(C(=O)N2[C@@H](c3ccccc3Cl)CC[C@H]2C(=O)O)cc1.O=C(O)[C@@H]1CC[C@H](c2ccccc2Cl)N1C(=O)c1ccc(-c2ccc3ccccc3c2)cc1. The number of rotatable bonds is 10. The fourth-order valence-electron chi connectivity index (χ4n) is 9.06. The maximum atomic E-state index is 13.5. The number of nitrogens with zero attached hydrogens (tertiary/aromatic N) is 2. The number of para-hydroxylation sites is 1. The molecule has 67 heavy (non-hydrogen) atoms. The Morgan fingerprint density at radius 3 is 1.45 bits per heavy atom. The van der Waals surface area contributed by atoms with Crippen LogP contribution < -0.4 is 4.72 Å². The summed E-state index contributed by atoms with van der Waals surface area (Å²) in [5, 5.41) is 22.9. The Kier molecular flexibility index (Phi) is 13.8. The summed E-state index contributed by atoms with van der Waals surface area (Å²) < 4.78 is 25.9. The number of anilines is 1. The number of sulfonamides is 1. The average Bonchev–Trinajstić information content (AvgIpc) is 3.98. The monoisotopic (exact) mass is 953 g/mol. The number of carbonyl (C=O) groups excluding carboxylic acids is 2. The van der Waals surface area contributed by atoms with E-state index in [-0.39, 0.29) is 11.9 Å². The Morgan fingerprint density at radius 2 is 0.955 bits per heavy atom. The Labute approximate surface area is 398 Å². The van der Waals surface area contributed by atoms with Gasteiger partial charge in [-0.2, -0.15) is 0 Å². The largest absolute Gasteiger partial charge is 0.480 e.